The Labute approximate surface area is 103 Å². The molecule has 0 radical (unpaired) electrons. The minimum atomic E-state index is -0.725. The Balaban J connectivity index is 1.79. The van der Waals surface area contributed by atoms with Crippen molar-refractivity contribution >= 4 is 16.7 Å². The van der Waals surface area contributed by atoms with Gasteiger partial charge in [-0.25, -0.2) is 0 Å². The highest BCUT2D eigenvalue weighted by Gasteiger charge is 2.19. The first-order chi connectivity index (χ1) is 8.15. The van der Waals surface area contributed by atoms with Crippen LogP contribution in [-0.4, -0.2) is 49.4 Å². The van der Waals surface area contributed by atoms with E-state index in [-0.39, 0.29) is 5.91 Å². The largest absolute Gasteiger partial charge is 0.341 e. The summed E-state index contributed by atoms with van der Waals surface area (Å²) in [6.45, 7) is 3.85. The molecule has 1 saturated heterocycles. The monoisotopic (exact) mass is 255 g/mol. The van der Waals surface area contributed by atoms with E-state index >= 15 is 0 Å². The normalized spacial score (nSPS) is 17.4. The van der Waals surface area contributed by atoms with E-state index in [1.165, 1.54) is 0 Å². The highest BCUT2D eigenvalue weighted by molar-refractivity contribution is 7.85. The van der Waals surface area contributed by atoms with E-state index in [1.54, 1.807) is 15.8 Å². The molecule has 0 unspecified atom stereocenters. The van der Waals surface area contributed by atoms with Gasteiger partial charge in [-0.05, 0) is 12.5 Å². The third-order valence-corrected chi connectivity index (χ3v) is 4.12. The number of nitrogens with zero attached hydrogens (tertiary/aromatic N) is 3. The van der Waals surface area contributed by atoms with Crippen molar-refractivity contribution in [1.82, 2.24) is 14.7 Å². The number of carbonyl (C=O) groups excluding carboxylic acids is 1. The SMILES string of the molecule is Cc1cnn(CCC(=O)N2CCS(=O)CC2)c1. The molecule has 1 aromatic rings. The van der Waals surface area contributed by atoms with Crippen LogP contribution in [0.5, 0.6) is 0 Å². The van der Waals surface area contributed by atoms with Crippen molar-refractivity contribution in [2.75, 3.05) is 24.6 Å². The standard InChI is InChI=1S/C11H17N3O2S/c1-10-8-12-14(9-10)3-2-11(15)13-4-6-17(16)7-5-13/h8-9H,2-7H2,1H3. The smallest absolute Gasteiger partial charge is 0.224 e. The molecule has 0 bridgehead atoms. The predicted octanol–water partition coefficient (Wildman–Crippen LogP) is 0.173. The summed E-state index contributed by atoms with van der Waals surface area (Å²) >= 11 is 0. The number of aromatic nitrogens is 2. The van der Waals surface area contributed by atoms with Crippen molar-refractivity contribution in [3.8, 4) is 0 Å². The second-order valence-electron chi connectivity index (χ2n) is 4.26. The number of rotatable bonds is 3. The van der Waals surface area contributed by atoms with Crippen LogP contribution in [0.1, 0.15) is 12.0 Å². The second kappa shape index (κ2) is 5.44. The number of amides is 1. The summed E-state index contributed by atoms with van der Waals surface area (Å²) in [6.07, 6.45) is 4.18. The van der Waals surface area contributed by atoms with E-state index in [4.69, 9.17) is 0 Å². The highest BCUT2D eigenvalue weighted by atomic mass is 32.2. The van der Waals surface area contributed by atoms with Crippen LogP contribution in [-0.2, 0) is 22.1 Å². The van der Waals surface area contributed by atoms with Gasteiger partial charge in [-0.1, -0.05) is 0 Å². The summed E-state index contributed by atoms with van der Waals surface area (Å²) in [5.41, 5.74) is 1.10. The molecule has 0 aliphatic carbocycles. The summed E-state index contributed by atoms with van der Waals surface area (Å²) in [6, 6.07) is 0. The molecule has 0 saturated carbocycles. The molecule has 94 valence electrons. The zero-order valence-electron chi connectivity index (χ0n) is 9.96. The maximum atomic E-state index is 11.9. The van der Waals surface area contributed by atoms with E-state index in [1.807, 2.05) is 13.1 Å². The van der Waals surface area contributed by atoms with Gasteiger partial charge >= 0.3 is 0 Å². The fraction of sp³-hybridized carbons (Fsp3) is 0.636. The average Bonchev–Trinajstić information content (AvgIpc) is 2.73. The van der Waals surface area contributed by atoms with E-state index in [0.717, 1.165) is 5.56 Å². The van der Waals surface area contributed by atoms with Crippen molar-refractivity contribution in [3.63, 3.8) is 0 Å². The molecular weight excluding hydrogens is 238 g/mol. The van der Waals surface area contributed by atoms with Crippen molar-refractivity contribution in [3.05, 3.63) is 18.0 Å². The Bertz CT molecular complexity index is 420. The van der Waals surface area contributed by atoms with Gasteiger partial charge in [0, 0.05) is 54.6 Å². The molecule has 0 atom stereocenters. The van der Waals surface area contributed by atoms with E-state index < -0.39 is 10.8 Å². The molecule has 0 N–H and O–H groups in total. The molecule has 0 aromatic carbocycles. The summed E-state index contributed by atoms with van der Waals surface area (Å²) in [7, 11) is -0.725. The van der Waals surface area contributed by atoms with Crippen LogP contribution in [0.4, 0.5) is 0 Å². The quantitative estimate of drug-likeness (QED) is 0.774. The van der Waals surface area contributed by atoms with Crippen molar-refractivity contribution in [1.29, 1.82) is 0 Å². The average molecular weight is 255 g/mol. The highest BCUT2D eigenvalue weighted by Crippen LogP contribution is 2.04. The fourth-order valence-electron chi connectivity index (χ4n) is 1.84. The van der Waals surface area contributed by atoms with Crippen molar-refractivity contribution < 1.29 is 9.00 Å². The molecular formula is C11H17N3O2S. The van der Waals surface area contributed by atoms with Crippen LogP contribution < -0.4 is 0 Å². The topological polar surface area (TPSA) is 55.2 Å². The Morgan fingerprint density at radius 3 is 2.76 bits per heavy atom. The maximum Gasteiger partial charge on any atom is 0.224 e. The number of carbonyl (C=O) groups is 1. The van der Waals surface area contributed by atoms with Crippen LogP contribution in [0.3, 0.4) is 0 Å². The van der Waals surface area contributed by atoms with Gasteiger partial charge in [-0.2, -0.15) is 5.10 Å². The second-order valence-corrected chi connectivity index (χ2v) is 5.96. The Hall–Kier alpha value is -1.17. The molecule has 2 heterocycles. The maximum absolute atomic E-state index is 11.9. The minimum absolute atomic E-state index is 0.134. The predicted molar refractivity (Wildman–Crippen MR) is 66.0 cm³/mol. The Morgan fingerprint density at radius 1 is 1.47 bits per heavy atom. The first kappa shape index (κ1) is 12.3. The molecule has 17 heavy (non-hydrogen) atoms. The number of hydrogen-bond acceptors (Lipinski definition) is 3. The third-order valence-electron chi connectivity index (χ3n) is 2.85. The van der Waals surface area contributed by atoms with Gasteiger partial charge < -0.3 is 4.90 Å². The van der Waals surface area contributed by atoms with Crippen LogP contribution in [0.25, 0.3) is 0 Å². The number of hydrogen-bond donors (Lipinski definition) is 0. The van der Waals surface area contributed by atoms with Crippen molar-refractivity contribution in [2.24, 2.45) is 0 Å². The van der Waals surface area contributed by atoms with Crippen molar-refractivity contribution in [2.45, 2.75) is 19.9 Å². The molecule has 2 rings (SSSR count). The van der Waals surface area contributed by atoms with Crippen LogP contribution in [0, 0.1) is 6.92 Å². The lowest BCUT2D eigenvalue weighted by atomic mass is 10.3. The summed E-state index contributed by atoms with van der Waals surface area (Å²) in [4.78, 5) is 13.7. The lowest BCUT2D eigenvalue weighted by molar-refractivity contribution is -0.131. The molecule has 6 heteroatoms. The summed E-state index contributed by atoms with van der Waals surface area (Å²) < 4.78 is 13.0. The minimum Gasteiger partial charge on any atom is -0.341 e. The van der Waals surface area contributed by atoms with Gasteiger partial charge in [0.1, 0.15) is 0 Å². The van der Waals surface area contributed by atoms with Gasteiger partial charge in [0.2, 0.25) is 5.91 Å². The summed E-state index contributed by atoms with van der Waals surface area (Å²) in [5.74, 6) is 1.37. The molecule has 1 fully saturated rings. The molecule has 1 aliphatic heterocycles. The number of aryl methyl sites for hydroxylation is 2. The van der Waals surface area contributed by atoms with Gasteiger partial charge in [0.25, 0.3) is 0 Å². The van der Waals surface area contributed by atoms with Gasteiger partial charge in [-0.3, -0.25) is 13.7 Å². The van der Waals surface area contributed by atoms with Crippen LogP contribution >= 0.6 is 0 Å². The van der Waals surface area contributed by atoms with Gasteiger partial charge in [0.05, 0.1) is 6.20 Å². The molecule has 1 amide bonds. The lowest BCUT2D eigenvalue weighted by Crippen LogP contribution is -2.42. The fourth-order valence-corrected chi connectivity index (χ4v) is 2.90. The first-order valence-corrected chi connectivity index (χ1v) is 7.26. The van der Waals surface area contributed by atoms with E-state index in [9.17, 15) is 9.00 Å². The van der Waals surface area contributed by atoms with Crippen LogP contribution in [0.2, 0.25) is 0 Å². The van der Waals surface area contributed by atoms with Gasteiger partial charge in [0.15, 0.2) is 0 Å². The van der Waals surface area contributed by atoms with Crippen LogP contribution in [0.15, 0.2) is 12.4 Å². The molecule has 1 aromatic heterocycles. The Morgan fingerprint density at radius 2 is 2.18 bits per heavy atom. The third kappa shape index (κ3) is 3.39. The first-order valence-electron chi connectivity index (χ1n) is 5.77. The zero-order chi connectivity index (χ0) is 12.3. The lowest BCUT2D eigenvalue weighted by Gasteiger charge is -2.26. The molecule has 0 spiro atoms. The molecule has 1 aliphatic rings. The van der Waals surface area contributed by atoms with Gasteiger partial charge in [-0.15, -0.1) is 0 Å². The Kier molecular flexibility index (Phi) is 3.93. The molecule has 5 nitrogen and oxygen atoms in total. The van der Waals surface area contributed by atoms with E-state index in [2.05, 4.69) is 5.10 Å². The zero-order valence-corrected chi connectivity index (χ0v) is 10.8. The van der Waals surface area contributed by atoms with E-state index in [0.29, 0.717) is 37.6 Å². The summed E-state index contributed by atoms with van der Waals surface area (Å²) in [5, 5.41) is 4.14.